The third kappa shape index (κ3) is 2.92. The standard InChI is InChI=1S/C13H15N3O3S/c17-11(14-10-5-6-20-13(10)19)7-16-12(18)4-3-9(15-16)8-1-2-8/h3-4,8,10H,1-2,5-7H2,(H,14,17)/t10-/m0/s1. The van der Waals surface area contributed by atoms with Gasteiger partial charge in [0.15, 0.2) is 0 Å². The maximum atomic E-state index is 11.9. The molecule has 1 aromatic rings. The van der Waals surface area contributed by atoms with E-state index in [9.17, 15) is 14.4 Å². The van der Waals surface area contributed by atoms with Crippen LogP contribution >= 0.6 is 11.8 Å². The normalized spacial score (nSPS) is 22.0. The fourth-order valence-corrected chi connectivity index (χ4v) is 3.11. The van der Waals surface area contributed by atoms with E-state index in [1.807, 2.05) is 0 Å². The van der Waals surface area contributed by atoms with Crippen molar-refractivity contribution < 1.29 is 9.59 Å². The van der Waals surface area contributed by atoms with Gasteiger partial charge < -0.3 is 5.32 Å². The van der Waals surface area contributed by atoms with E-state index in [1.165, 1.54) is 22.5 Å². The minimum atomic E-state index is -0.421. The number of nitrogens with one attached hydrogen (secondary N) is 1. The van der Waals surface area contributed by atoms with Gasteiger partial charge in [-0.3, -0.25) is 14.4 Å². The van der Waals surface area contributed by atoms with Crippen molar-refractivity contribution in [3.8, 4) is 0 Å². The van der Waals surface area contributed by atoms with E-state index in [0.29, 0.717) is 12.3 Å². The van der Waals surface area contributed by atoms with Crippen LogP contribution in [0.2, 0.25) is 0 Å². The summed E-state index contributed by atoms with van der Waals surface area (Å²) in [5, 5.41) is 6.87. The molecule has 1 amide bonds. The highest BCUT2D eigenvalue weighted by Crippen LogP contribution is 2.38. The molecule has 7 heteroatoms. The lowest BCUT2D eigenvalue weighted by Crippen LogP contribution is -2.41. The monoisotopic (exact) mass is 293 g/mol. The molecule has 1 aliphatic carbocycles. The second kappa shape index (κ2) is 5.40. The smallest absolute Gasteiger partial charge is 0.267 e. The number of amides is 1. The Balaban J connectivity index is 1.67. The van der Waals surface area contributed by atoms with Crippen LogP contribution in [0.4, 0.5) is 0 Å². The Labute approximate surface area is 119 Å². The van der Waals surface area contributed by atoms with Crippen LogP contribution in [0.25, 0.3) is 0 Å². The zero-order valence-corrected chi connectivity index (χ0v) is 11.7. The Bertz CT molecular complexity index is 609. The van der Waals surface area contributed by atoms with E-state index >= 15 is 0 Å². The number of hydrogen-bond donors (Lipinski definition) is 1. The molecule has 2 aliphatic rings. The zero-order valence-electron chi connectivity index (χ0n) is 10.9. The molecule has 3 rings (SSSR count). The molecule has 1 saturated carbocycles. The summed E-state index contributed by atoms with van der Waals surface area (Å²) in [6.45, 7) is -0.131. The van der Waals surface area contributed by atoms with Crippen LogP contribution in [0.3, 0.4) is 0 Å². The molecular formula is C13H15N3O3S. The molecule has 6 nitrogen and oxygen atoms in total. The second-order valence-corrected chi connectivity index (χ2v) is 6.20. The molecule has 0 aromatic carbocycles. The Morgan fingerprint density at radius 2 is 2.15 bits per heavy atom. The quantitative estimate of drug-likeness (QED) is 0.862. The fraction of sp³-hybridized carbons (Fsp3) is 0.538. The van der Waals surface area contributed by atoms with Crippen LogP contribution in [0.5, 0.6) is 0 Å². The Morgan fingerprint density at radius 1 is 1.35 bits per heavy atom. The molecule has 2 fully saturated rings. The first-order valence-electron chi connectivity index (χ1n) is 6.67. The number of thioether (sulfide) groups is 1. The van der Waals surface area contributed by atoms with E-state index in [-0.39, 0.29) is 23.1 Å². The van der Waals surface area contributed by atoms with Gasteiger partial charge in [0.05, 0.1) is 11.7 Å². The summed E-state index contributed by atoms with van der Waals surface area (Å²) < 4.78 is 1.18. The lowest BCUT2D eigenvalue weighted by atomic mass is 10.2. The molecule has 0 spiro atoms. The highest BCUT2D eigenvalue weighted by Gasteiger charge is 2.28. The highest BCUT2D eigenvalue weighted by molar-refractivity contribution is 8.14. The number of hydrogen-bond acceptors (Lipinski definition) is 5. The first-order chi connectivity index (χ1) is 9.63. The van der Waals surface area contributed by atoms with Crippen molar-refractivity contribution in [2.24, 2.45) is 0 Å². The summed E-state index contributed by atoms with van der Waals surface area (Å²) in [7, 11) is 0. The van der Waals surface area contributed by atoms with Crippen LogP contribution in [-0.2, 0) is 16.1 Å². The Morgan fingerprint density at radius 3 is 2.80 bits per heavy atom. The first-order valence-corrected chi connectivity index (χ1v) is 7.66. The molecular weight excluding hydrogens is 278 g/mol. The number of carbonyl (C=O) groups is 2. The molecule has 1 aromatic heterocycles. The van der Waals surface area contributed by atoms with Gasteiger partial charge in [0.25, 0.3) is 5.56 Å². The highest BCUT2D eigenvalue weighted by atomic mass is 32.2. The molecule has 0 unspecified atom stereocenters. The summed E-state index contributed by atoms with van der Waals surface area (Å²) in [4.78, 5) is 35.0. The summed E-state index contributed by atoms with van der Waals surface area (Å²) in [6.07, 6.45) is 2.83. The van der Waals surface area contributed by atoms with Crippen LogP contribution in [0.1, 0.15) is 30.9 Å². The largest absolute Gasteiger partial charge is 0.344 e. The van der Waals surface area contributed by atoms with Gasteiger partial charge in [-0.2, -0.15) is 5.10 Å². The van der Waals surface area contributed by atoms with Gasteiger partial charge in [-0.25, -0.2) is 4.68 Å². The predicted molar refractivity (Wildman–Crippen MR) is 74.5 cm³/mol. The summed E-state index contributed by atoms with van der Waals surface area (Å²) in [5.41, 5.74) is 0.571. The van der Waals surface area contributed by atoms with Crippen molar-refractivity contribution >= 4 is 22.8 Å². The first kappa shape index (κ1) is 13.4. The number of aromatic nitrogens is 2. The minimum Gasteiger partial charge on any atom is -0.344 e. The van der Waals surface area contributed by atoms with E-state index in [0.717, 1.165) is 24.3 Å². The topological polar surface area (TPSA) is 81.1 Å². The SMILES string of the molecule is O=C(Cn1nc(C2CC2)ccc1=O)N[C@H]1CCSC1=O. The van der Waals surface area contributed by atoms with E-state index in [4.69, 9.17) is 0 Å². The third-order valence-corrected chi connectivity index (χ3v) is 4.46. The van der Waals surface area contributed by atoms with Gasteiger partial charge in [0.2, 0.25) is 11.0 Å². The molecule has 1 aliphatic heterocycles. The fourth-order valence-electron chi connectivity index (χ4n) is 2.18. The molecule has 1 N–H and O–H groups in total. The second-order valence-electron chi connectivity index (χ2n) is 5.10. The zero-order chi connectivity index (χ0) is 14.1. The summed E-state index contributed by atoms with van der Waals surface area (Å²) in [5.74, 6) is 0.824. The Hall–Kier alpha value is -1.63. The van der Waals surface area contributed by atoms with Crippen LogP contribution < -0.4 is 10.9 Å². The lowest BCUT2D eigenvalue weighted by Gasteiger charge is -2.11. The van der Waals surface area contributed by atoms with Crippen molar-refractivity contribution in [1.82, 2.24) is 15.1 Å². The van der Waals surface area contributed by atoms with Crippen LogP contribution in [0.15, 0.2) is 16.9 Å². The van der Waals surface area contributed by atoms with Gasteiger partial charge in [-0.1, -0.05) is 11.8 Å². The lowest BCUT2D eigenvalue weighted by molar-refractivity contribution is -0.125. The summed E-state index contributed by atoms with van der Waals surface area (Å²) in [6, 6.07) is 2.76. The van der Waals surface area contributed by atoms with Crippen molar-refractivity contribution in [2.45, 2.75) is 37.8 Å². The van der Waals surface area contributed by atoms with Gasteiger partial charge >= 0.3 is 0 Å². The molecule has 0 radical (unpaired) electrons. The van der Waals surface area contributed by atoms with Gasteiger partial charge in [0, 0.05) is 17.7 Å². The molecule has 1 atom stereocenters. The van der Waals surface area contributed by atoms with Gasteiger partial charge in [0.1, 0.15) is 6.54 Å². The van der Waals surface area contributed by atoms with Gasteiger partial charge in [-0.05, 0) is 25.3 Å². The number of rotatable bonds is 4. The number of nitrogens with zero attached hydrogens (tertiary/aromatic N) is 2. The summed E-state index contributed by atoms with van der Waals surface area (Å²) >= 11 is 1.23. The van der Waals surface area contributed by atoms with Crippen molar-refractivity contribution in [3.05, 3.63) is 28.2 Å². The number of carbonyl (C=O) groups excluding carboxylic acids is 2. The van der Waals surface area contributed by atoms with E-state index in [1.54, 1.807) is 6.07 Å². The molecule has 1 saturated heterocycles. The molecule has 0 bridgehead atoms. The molecule has 106 valence electrons. The predicted octanol–water partition coefficient (Wildman–Crippen LogP) is 0.269. The third-order valence-electron chi connectivity index (χ3n) is 3.45. The molecule has 2 heterocycles. The Kier molecular flexibility index (Phi) is 3.60. The maximum Gasteiger partial charge on any atom is 0.267 e. The van der Waals surface area contributed by atoms with Crippen molar-refractivity contribution in [2.75, 3.05) is 5.75 Å². The maximum absolute atomic E-state index is 11.9. The average molecular weight is 293 g/mol. The average Bonchev–Trinajstić information content (AvgIpc) is 3.18. The van der Waals surface area contributed by atoms with Crippen LogP contribution in [-0.4, -0.2) is 32.6 Å². The van der Waals surface area contributed by atoms with Gasteiger partial charge in [-0.15, -0.1) is 0 Å². The molecule has 20 heavy (non-hydrogen) atoms. The van der Waals surface area contributed by atoms with Crippen molar-refractivity contribution in [3.63, 3.8) is 0 Å². The minimum absolute atomic E-state index is 0.00890. The van der Waals surface area contributed by atoms with E-state index < -0.39 is 6.04 Å². The van der Waals surface area contributed by atoms with Crippen molar-refractivity contribution in [1.29, 1.82) is 0 Å². The van der Waals surface area contributed by atoms with E-state index in [2.05, 4.69) is 10.4 Å². The van der Waals surface area contributed by atoms with Crippen LogP contribution in [0, 0.1) is 0 Å².